The summed E-state index contributed by atoms with van der Waals surface area (Å²) in [7, 11) is -0.846. The molecular weight excluding hydrogens is 489 g/mol. The van der Waals surface area contributed by atoms with E-state index >= 15 is 0 Å². The van der Waals surface area contributed by atoms with Crippen LogP contribution in [0.15, 0.2) is 66.7 Å². The molecule has 0 amide bonds. The molecule has 6 heteroatoms. The molecule has 1 saturated carbocycles. The first-order valence-electron chi connectivity index (χ1n) is 9.92. The van der Waals surface area contributed by atoms with Crippen LogP contribution < -0.4 is 0 Å². The Morgan fingerprint density at radius 1 is 0.750 bits per heavy atom. The standard InChI is InChI=1S/C18H13.C6H12NOSi.2CH3.2ClH.Ti/c1-3-8-15-13(6-1)12-14-7-2-4-9-16(14)18-11-5-10-17(15)18;8-9-7-6-4-2-1-3-5-6;;;;;/h1-11H,12H2;6,9H,1-5H2;2*1H3;2*1H;/q4*-1;;;+4. The number of fused-ring (bicyclic) bond motifs is 5. The fraction of sp³-hybridized carbons (Fsp3) is 0.269. The van der Waals surface area contributed by atoms with Crippen LogP contribution in [0.25, 0.3) is 27.2 Å². The van der Waals surface area contributed by atoms with Crippen molar-refractivity contribution in [1.82, 2.24) is 0 Å². The molecule has 3 aromatic rings. The van der Waals surface area contributed by atoms with Crippen molar-refractivity contribution >= 4 is 34.4 Å². The molecule has 3 aromatic carbocycles. The molecule has 0 atom stereocenters. The van der Waals surface area contributed by atoms with E-state index in [-0.39, 0.29) is 61.4 Å². The SMILES string of the molecule is Cl.Cl.O=[SiH][N-]C1CCCCC1.[CH3-].[CH3-].[Ti+4].c1ccc2c(c1)Cc1ccccc1-c1c[cH-]cc1-2. The Morgan fingerprint density at radius 3 is 1.69 bits per heavy atom. The maximum atomic E-state index is 10.1. The minimum Gasteiger partial charge on any atom is -0.667 e. The second kappa shape index (κ2) is 16.5. The normalized spacial score (nSPS) is 12.9. The third kappa shape index (κ3) is 7.74. The van der Waals surface area contributed by atoms with Crippen molar-refractivity contribution in [2.24, 2.45) is 0 Å². The predicted octanol–water partition coefficient (Wildman–Crippen LogP) is 7.78. The maximum Gasteiger partial charge on any atom is 4.00 e. The van der Waals surface area contributed by atoms with Crippen molar-refractivity contribution in [2.45, 2.75) is 44.6 Å². The van der Waals surface area contributed by atoms with Crippen LogP contribution in [0.5, 0.6) is 0 Å². The van der Waals surface area contributed by atoms with Crippen molar-refractivity contribution in [3.05, 3.63) is 97.7 Å². The van der Waals surface area contributed by atoms with Gasteiger partial charge in [0.15, 0.2) is 9.57 Å². The van der Waals surface area contributed by atoms with Crippen molar-refractivity contribution in [3.63, 3.8) is 0 Å². The van der Waals surface area contributed by atoms with E-state index in [1.165, 1.54) is 65.5 Å². The Morgan fingerprint density at radius 2 is 1.22 bits per heavy atom. The van der Waals surface area contributed by atoms with E-state index in [0.717, 1.165) is 6.42 Å². The molecule has 0 aromatic heterocycles. The van der Waals surface area contributed by atoms with Crippen LogP contribution >= 0.6 is 24.8 Å². The fourth-order valence-corrected chi connectivity index (χ4v) is 4.76. The summed E-state index contributed by atoms with van der Waals surface area (Å²) < 4.78 is 10.1. The molecule has 2 aliphatic carbocycles. The third-order valence-corrected chi connectivity index (χ3v) is 6.20. The van der Waals surface area contributed by atoms with E-state index in [0.29, 0.717) is 6.04 Å². The van der Waals surface area contributed by atoms with E-state index < -0.39 is 9.57 Å². The van der Waals surface area contributed by atoms with Gasteiger partial charge in [0, 0.05) is 0 Å². The van der Waals surface area contributed by atoms with E-state index in [9.17, 15) is 4.46 Å². The molecule has 0 N–H and O–H groups in total. The number of hydrogen-bond donors (Lipinski definition) is 0. The fourth-order valence-electron chi connectivity index (χ4n) is 4.29. The van der Waals surface area contributed by atoms with Crippen LogP contribution in [0.1, 0.15) is 43.2 Å². The summed E-state index contributed by atoms with van der Waals surface area (Å²) in [6.07, 6.45) is 7.30. The number of hydrogen-bond acceptors (Lipinski definition) is 1. The van der Waals surface area contributed by atoms with Crippen LogP contribution in [0, 0.1) is 14.9 Å². The predicted molar refractivity (Wildman–Crippen MR) is 141 cm³/mol. The summed E-state index contributed by atoms with van der Waals surface area (Å²) >= 11 is 0. The molecule has 5 rings (SSSR count). The molecule has 0 spiro atoms. The Labute approximate surface area is 224 Å². The molecule has 0 bridgehead atoms. The molecule has 170 valence electrons. The minimum atomic E-state index is -0.846. The summed E-state index contributed by atoms with van der Waals surface area (Å²) in [5.41, 5.74) is 8.36. The van der Waals surface area contributed by atoms with Gasteiger partial charge in [0.2, 0.25) is 0 Å². The van der Waals surface area contributed by atoms with Gasteiger partial charge in [0.05, 0.1) is 0 Å². The number of halogens is 2. The summed E-state index contributed by atoms with van der Waals surface area (Å²) in [6.45, 7) is 0. The zero-order valence-corrected chi connectivity index (χ0v) is 23.3. The van der Waals surface area contributed by atoms with Gasteiger partial charge >= 0.3 is 21.7 Å². The molecule has 32 heavy (non-hydrogen) atoms. The molecule has 0 radical (unpaired) electrons. The molecular formula is C26H33Cl2NOSiTi. The summed E-state index contributed by atoms with van der Waals surface area (Å²) in [4.78, 5) is 4.01. The van der Waals surface area contributed by atoms with Gasteiger partial charge in [-0.05, 0) is 17.5 Å². The van der Waals surface area contributed by atoms with Gasteiger partial charge in [0.25, 0.3) is 0 Å². The average molecular weight is 522 g/mol. The molecule has 1 fully saturated rings. The number of benzene rings is 2. The molecule has 0 aliphatic heterocycles. The Kier molecular flexibility index (Phi) is 17.1. The van der Waals surface area contributed by atoms with Crippen LogP contribution in [0.2, 0.25) is 0 Å². The zero-order valence-electron chi connectivity index (χ0n) is 18.9. The first-order chi connectivity index (χ1) is 13.4. The second-order valence-corrected chi connectivity index (χ2v) is 7.90. The van der Waals surface area contributed by atoms with E-state index in [1.807, 2.05) is 0 Å². The van der Waals surface area contributed by atoms with Crippen molar-refractivity contribution < 1.29 is 26.2 Å². The van der Waals surface area contributed by atoms with Gasteiger partial charge in [0.1, 0.15) is 0 Å². The maximum absolute atomic E-state index is 10.1. The molecule has 2 aliphatic rings. The monoisotopic (exact) mass is 521 g/mol. The van der Waals surface area contributed by atoms with Gasteiger partial charge in [-0.3, -0.25) is 0 Å². The first-order valence-corrected chi connectivity index (χ1v) is 10.9. The largest absolute Gasteiger partial charge is 4.00 e. The van der Waals surface area contributed by atoms with Gasteiger partial charge in [-0.15, -0.1) is 30.9 Å². The quantitative estimate of drug-likeness (QED) is 0.195. The van der Waals surface area contributed by atoms with E-state index in [2.05, 4.69) is 71.7 Å². The minimum absolute atomic E-state index is 0. The topological polar surface area (TPSA) is 31.2 Å². The average Bonchev–Trinajstić information content (AvgIpc) is 3.15. The van der Waals surface area contributed by atoms with Crippen molar-refractivity contribution in [2.75, 3.05) is 0 Å². The third-order valence-electron chi connectivity index (χ3n) is 5.66. The van der Waals surface area contributed by atoms with Crippen LogP contribution in [-0.4, -0.2) is 15.6 Å². The first kappa shape index (κ1) is 33.1. The molecule has 0 saturated heterocycles. The van der Waals surface area contributed by atoms with Gasteiger partial charge in [-0.25, -0.2) is 0 Å². The van der Waals surface area contributed by atoms with Gasteiger partial charge in [-0.2, -0.15) is 29.3 Å². The van der Waals surface area contributed by atoms with Crippen LogP contribution in [-0.2, 0) is 32.6 Å². The van der Waals surface area contributed by atoms with Gasteiger partial charge < -0.3 is 24.3 Å². The molecule has 2 nitrogen and oxygen atoms in total. The molecule has 0 heterocycles. The van der Waals surface area contributed by atoms with E-state index in [4.69, 9.17) is 0 Å². The zero-order chi connectivity index (χ0) is 18.5. The Balaban J connectivity index is 0. The number of rotatable bonds is 2. The van der Waals surface area contributed by atoms with Crippen molar-refractivity contribution in [1.29, 1.82) is 0 Å². The molecule has 0 unspecified atom stereocenters. The Bertz CT molecular complexity index is 865. The summed E-state index contributed by atoms with van der Waals surface area (Å²) in [5.74, 6) is 0. The van der Waals surface area contributed by atoms with Crippen LogP contribution in [0.4, 0.5) is 0 Å². The smallest absolute Gasteiger partial charge is 0.667 e. The second-order valence-electron chi connectivity index (χ2n) is 7.39. The van der Waals surface area contributed by atoms with Crippen LogP contribution in [0.3, 0.4) is 0 Å². The number of nitrogens with zero attached hydrogens (tertiary/aromatic N) is 1. The Hall–Kier alpha value is -1.10. The summed E-state index contributed by atoms with van der Waals surface area (Å²) in [6, 6.07) is 24.6. The van der Waals surface area contributed by atoms with Gasteiger partial charge in [-0.1, -0.05) is 91.8 Å². The van der Waals surface area contributed by atoms with Crippen molar-refractivity contribution in [3.8, 4) is 22.3 Å². The summed E-state index contributed by atoms with van der Waals surface area (Å²) in [5, 5.41) is 0. The van der Waals surface area contributed by atoms with E-state index in [1.54, 1.807) is 0 Å².